The van der Waals surface area contributed by atoms with Crippen LogP contribution in [0.5, 0.6) is 0 Å². The molecule has 1 aliphatic heterocycles. The number of hydrogen-bond donors (Lipinski definition) is 2. The Morgan fingerprint density at radius 3 is 2.62 bits per heavy atom. The molecule has 8 heteroatoms. The molecule has 1 aliphatic rings. The molecule has 3 N–H and O–H groups in total. The van der Waals surface area contributed by atoms with Crippen molar-refractivity contribution in [3.05, 3.63) is 21.9 Å². The number of nitrogens with one attached hydrogen (secondary N) is 1. The second-order valence-corrected chi connectivity index (χ2v) is 8.14. The Hall–Kier alpha value is -0.760. The number of nitrogens with zero attached hydrogens (tertiary/aromatic N) is 1. The third kappa shape index (κ3) is 5.95. The highest BCUT2D eigenvalue weighted by atomic mass is 35.5. The fraction of sp³-hybridized carbons (Fsp3) is 0.625. The number of piperidine rings is 1. The molecule has 1 aromatic rings. The first kappa shape index (κ1) is 21.3. The van der Waals surface area contributed by atoms with Crippen LogP contribution in [0.3, 0.4) is 0 Å². The molecule has 0 aliphatic carbocycles. The number of amides is 2. The van der Waals surface area contributed by atoms with Gasteiger partial charge in [-0.25, -0.2) is 0 Å². The van der Waals surface area contributed by atoms with E-state index in [2.05, 4.69) is 5.32 Å². The third-order valence-electron chi connectivity index (χ3n) is 4.06. The molecule has 2 heterocycles. The summed E-state index contributed by atoms with van der Waals surface area (Å²) >= 11 is 3.21. The number of carbonyl (C=O) groups excluding carboxylic acids is 2. The Kier molecular flexibility index (Phi) is 9.12. The Balaban J connectivity index is 0.00000288. The summed E-state index contributed by atoms with van der Waals surface area (Å²) < 4.78 is 0. The quantitative estimate of drug-likeness (QED) is 0.780. The highest BCUT2D eigenvalue weighted by molar-refractivity contribution is 7.98. The molecule has 136 valence electrons. The summed E-state index contributed by atoms with van der Waals surface area (Å²) in [5.74, 6) is 0.932. The topological polar surface area (TPSA) is 75.4 Å². The number of halogens is 1. The maximum atomic E-state index is 12.3. The van der Waals surface area contributed by atoms with Gasteiger partial charge in [-0.15, -0.1) is 23.7 Å². The van der Waals surface area contributed by atoms with E-state index in [0.717, 1.165) is 28.3 Å². The zero-order valence-electron chi connectivity index (χ0n) is 14.1. The molecule has 0 unspecified atom stereocenters. The Morgan fingerprint density at radius 2 is 2.08 bits per heavy atom. The Labute approximate surface area is 158 Å². The minimum atomic E-state index is -0.400. The van der Waals surface area contributed by atoms with Crippen molar-refractivity contribution < 1.29 is 9.59 Å². The normalized spacial score (nSPS) is 16.4. The number of likely N-dealkylation sites (tertiary alicyclic amines) is 1. The van der Waals surface area contributed by atoms with E-state index in [4.69, 9.17) is 5.73 Å². The van der Waals surface area contributed by atoms with Crippen LogP contribution in [0.25, 0.3) is 0 Å². The molecule has 1 aromatic heterocycles. The van der Waals surface area contributed by atoms with Crippen molar-refractivity contribution in [3.8, 4) is 0 Å². The van der Waals surface area contributed by atoms with E-state index < -0.39 is 6.04 Å². The molecule has 24 heavy (non-hydrogen) atoms. The van der Waals surface area contributed by atoms with E-state index in [1.54, 1.807) is 11.8 Å². The summed E-state index contributed by atoms with van der Waals surface area (Å²) in [6.07, 6.45) is 4.31. The molecule has 0 aromatic carbocycles. The monoisotopic (exact) mass is 391 g/mol. The predicted molar refractivity (Wildman–Crippen MR) is 104 cm³/mol. The van der Waals surface area contributed by atoms with Crippen LogP contribution in [0.15, 0.2) is 12.1 Å². The maximum Gasteiger partial charge on any atom is 0.261 e. The summed E-state index contributed by atoms with van der Waals surface area (Å²) in [6, 6.07) is 3.55. The summed E-state index contributed by atoms with van der Waals surface area (Å²) in [5, 5.41) is 3.07. The number of thioether (sulfide) groups is 1. The second-order valence-electron chi connectivity index (χ2n) is 5.87. The lowest BCUT2D eigenvalue weighted by molar-refractivity contribution is -0.133. The van der Waals surface area contributed by atoms with Gasteiger partial charge in [0, 0.05) is 24.0 Å². The number of carbonyl (C=O) groups is 2. The van der Waals surface area contributed by atoms with Gasteiger partial charge in [-0.1, -0.05) is 0 Å². The average Bonchev–Trinajstić information content (AvgIpc) is 2.99. The minimum Gasteiger partial charge on any atom is -0.348 e. The van der Waals surface area contributed by atoms with Crippen LogP contribution in [-0.2, 0) is 4.79 Å². The molecular weight excluding hydrogens is 366 g/mol. The molecule has 1 saturated heterocycles. The van der Waals surface area contributed by atoms with Crippen LogP contribution in [-0.4, -0.2) is 53.9 Å². The maximum absolute atomic E-state index is 12.3. The summed E-state index contributed by atoms with van der Waals surface area (Å²) in [5.41, 5.74) is 5.95. The van der Waals surface area contributed by atoms with E-state index in [9.17, 15) is 9.59 Å². The third-order valence-corrected chi connectivity index (χ3v) is 5.70. The Bertz CT molecular complexity index is 545. The highest BCUT2D eigenvalue weighted by Crippen LogP contribution is 2.17. The molecule has 1 atom stereocenters. The fourth-order valence-electron chi connectivity index (χ4n) is 2.66. The number of aryl methyl sites for hydroxylation is 1. The van der Waals surface area contributed by atoms with Gasteiger partial charge in [0.25, 0.3) is 5.91 Å². The van der Waals surface area contributed by atoms with Crippen LogP contribution in [0, 0.1) is 6.92 Å². The molecule has 0 bridgehead atoms. The van der Waals surface area contributed by atoms with Crippen molar-refractivity contribution in [1.29, 1.82) is 0 Å². The van der Waals surface area contributed by atoms with Crippen LogP contribution in [0.4, 0.5) is 0 Å². The van der Waals surface area contributed by atoms with E-state index in [-0.39, 0.29) is 30.3 Å². The van der Waals surface area contributed by atoms with Gasteiger partial charge in [-0.3, -0.25) is 9.59 Å². The lowest BCUT2D eigenvalue weighted by atomic mass is 10.0. The molecule has 5 nitrogen and oxygen atoms in total. The van der Waals surface area contributed by atoms with Crippen molar-refractivity contribution in [2.75, 3.05) is 25.1 Å². The molecule has 2 amide bonds. The Morgan fingerprint density at radius 1 is 1.42 bits per heavy atom. The second kappa shape index (κ2) is 10.3. The molecule has 0 radical (unpaired) electrons. The number of rotatable bonds is 6. The number of hydrogen-bond acceptors (Lipinski definition) is 5. The van der Waals surface area contributed by atoms with Gasteiger partial charge in [0.15, 0.2) is 0 Å². The van der Waals surface area contributed by atoms with Gasteiger partial charge < -0.3 is 16.0 Å². The summed E-state index contributed by atoms with van der Waals surface area (Å²) in [4.78, 5) is 28.1. The van der Waals surface area contributed by atoms with Crippen LogP contribution in [0.1, 0.15) is 33.8 Å². The first-order valence-corrected chi connectivity index (χ1v) is 10.1. The SMILES string of the molecule is CSCC[C@H](N)C(=O)N1CCC(NC(=O)c2ccc(C)s2)CC1.Cl. The number of thiophene rings is 1. The lowest BCUT2D eigenvalue weighted by Crippen LogP contribution is -2.51. The van der Waals surface area contributed by atoms with Crippen molar-refractivity contribution in [3.63, 3.8) is 0 Å². The highest BCUT2D eigenvalue weighted by Gasteiger charge is 2.27. The van der Waals surface area contributed by atoms with Gasteiger partial charge in [0.2, 0.25) is 5.91 Å². The van der Waals surface area contributed by atoms with E-state index >= 15 is 0 Å². The van der Waals surface area contributed by atoms with Crippen LogP contribution in [0.2, 0.25) is 0 Å². The van der Waals surface area contributed by atoms with Crippen molar-refractivity contribution in [2.45, 2.75) is 38.3 Å². The largest absolute Gasteiger partial charge is 0.348 e. The molecule has 0 spiro atoms. The zero-order chi connectivity index (χ0) is 16.8. The van der Waals surface area contributed by atoms with Gasteiger partial charge in [0.05, 0.1) is 10.9 Å². The van der Waals surface area contributed by atoms with E-state index in [0.29, 0.717) is 19.5 Å². The molecule has 2 rings (SSSR count). The van der Waals surface area contributed by atoms with Crippen molar-refractivity contribution >= 4 is 47.3 Å². The molecular formula is C16H26ClN3O2S2. The lowest BCUT2D eigenvalue weighted by Gasteiger charge is -2.33. The van der Waals surface area contributed by atoms with Gasteiger partial charge in [-0.2, -0.15) is 11.8 Å². The first-order chi connectivity index (χ1) is 11.0. The van der Waals surface area contributed by atoms with Gasteiger partial charge in [-0.05, 0) is 50.3 Å². The summed E-state index contributed by atoms with van der Waals surface area (Å²) in [7, 11) is 0. The average molecular weight is 392 g/mol. The van der Waals surface area contributed by atoms with E-state index in [1.165, 1.54) is 11.3 Å². The van der Waals surface area contributed by atoms with E-state index in [1.807, 2.05) is 30.2 Å². The molecule has 1 fully saturated rings. The van der Waals surface area contributed by atoms with Crippen molar-refractivity contribution in [1.82, 2.24) is 10.2 Å². The summed E-state index contributed by atoms with van der Waals surface area (Å²) in [6.45, 7) is 3.33. The smallest absolute Gasteiger partial charge is 0.261 e. The van der Waals surface area contributed by atoms with Crippen LogP contribution < -0.4 is 11.1 Å². The van der Waals surface area contributed by atoms with Gasteiger partial charge >= 0.3 is 0 Å². The van der Waals surface area contributed by atoms with Gasteiger partial charge in [0.1, 0.15) is 0 Å². The minimum absolute atomic E-state index is 0. The standard InChI is InChI=1S/C16H25N3O2S2.ClH/c1-11-3-4-14(23-11)15(20)18-12-5-8-19(9-6-12)16(21)13(17)7-10-22-2;/h3-4,12-13H,5-10,17H2,1-2H3,(H,18,20);1H/t13-;/m0./s1. The predicted octanol–water partition coefficient (Wildman–Crippen LogP) is 2.28. The van der Waals surface area contributed by atoms with Crippen LogP contribution >= 0.6 is 35.5 Å². The first-order valence-electron chi connectivity index (χ1n) is 7.92. The molecule has 0 saturated carbocycles. The fourth-order valence-corrected chi connectivity index (χ4v) is 3.92. The van der Waals surface area contributed by atoms with Crippen molar-refractivity contribution in [2.24, 2.45) is 5.73 Å². The zero-order valence-corrected chi connectivity index (χ0v) is 16.6. The number of nitrogens with two attached hydrogens (primary N) is 1.